The second-order valence-corrected chi connectivity index (χ2v) is 9.72. The molecule has 0 spiro atoms. The van der Waals surface area contributed by atoms with E-state index in [1.807, 2.05) is 0 Å². The molecule has 3 heteroatoms. The topological polar surface area (TPSA) is 9.72 Å². The Morgan fingerprint density at radius 1 is 0.485 bits per heavy atom. The quantitative estimate of drug-likeness (QED) is 0.391. The molecule has 3 nitrogen and oxygen atoms in total. The number of hydrogen-bond donors (Lipinski definition) is 0. The van der Waals surface area contributed by atoms with Gasteiger partial charge in [-0.15, -0.1) is 0 Å². The number of likely N-dealkylation sites (tertiary alicyclic amines) is 2. The van der Waals surface area contributed by atoms with Crippen molar-refractivity contribution in [3.8, 4) is 0 Å². The minimum Gasteiger partial charge on any atom is -0.337 e. The fourth-order valence-electron chi connectivity index (χ4n) is 5.23. The van der Waals surface area contributed by atoms with Crippen LogP contribution in [0, 0.1) is 0 Å². The van der Waals surface area contributed by atoms with Gasteiger partial charge in [-0.3, -0.25) is 9.80 Å². The van der Waals surface area contributed by atoms with E-state index < -0.39 is 0 Å². The Bertz CT molecular complexity index is 969. The van der Waals surface area contributed by atoms with Crippen molar-refractivity contribution < 1.29 is 0 Å². The lowest BCUT2D eigenvalue weighted by Gasteiger charge is -2.28. The Balaban J connectivity index is 1.33. The molecule has 0 unspecified atom stereocenters. The van der Waals surface area contributed by atoms with Crippen LogP contribution in [0.4, 0.5) is 11.4 Å². The lowest BCUT2D eigenvalue weighted by Crippen LogP contribution is -2.29. The van der Waals surface area contributed by atoms with E-state index in [1.54, 1.807) is 0 Å². The predicted octanol–water partition coefficient (Wildman–Crippen LogP) is 6.61. The lowest BCUT2D eigenvalue weighted by atomic mass is 10.1. The summed E-state index contributed by atoms with van der Waals surface area (Å²) in [5.41, 5.74) is 6.68. The Kier molecular flexibility index (Phi) is 7.40. The molecule has 0 N–H and O–H groups in total. The molecule has 2 aliphatic heterocycles. The molecule has 3 aromatic carbocycles. The molecule has 5 rings (SSSR count). The molecule has 0 atom stereocenters. The van der Waals surface area contributed by atoms with E-state index in [2.05, 4.69) is 93.6 Å². The van der Waals surface area contributed by atoms with Crippen LogP contribution < -0.4 is 4.90 Å². The molecule has 2 heterocycles. The summed E-state index contributed by atoms with van der Waals surface area (Å²) in [6.45, 7) is 7.99. The van der Waals surface area contributed by atoms with Crippen LogP contribution in [0.15, 0.2) is 78.9 Å². The van der Waals surface area contributed by atoms with Crippen LogP contribution in [0.1, 0.15) is 48.8 Å². The molecule has 2 saturated heterocycles. The van der Waals surface area contributed by atoms with Gasteiger partial charge in [0.1, 0.15) is 0 Å². The van der Waals surface area contributed by atoms with Crippen molar-refractivity contribution in [1.29, 1.82) is 0 Å². The molecule has 0 radical (unpaired) electrons. The maximum atomic E-state index is 2.60. The maximum Gasteiger partial charge on any atom is 0.0481 e. The van der Waals surface area contributed by atoms with Crippen LogP contribution in [0.5, 0.6) is 0 Å². The zero-order valence-corrected chi connectivity index (χ0v) is 19.8. The van der Waals surface area contributed by atoms with Gasteiger partial charge in [-0.05, 0) is 92.8 Å². The maximum absolute atomic E-state index is 2.60. The number of anilines is 2. The first-order chi connectivity index (χ1) is 16.3. The van der Waals surface area contributed by atoms with Gasteiger partial charge >= 0.3 is 0 Å². The highest BCUT2D eigenvalue weighted by atomic mass is 15.1. The van der Waals surface area contributed by atoms with Crippen LogP contribution in [-0.2, 0) is 19.6 Å². The van der Waals surface area contributed by atoms with E-state index in [4.69, 9.17) is 0 Å². The molecule has 0 bridgehead atoms. The summed E-state index contributed by atoms with van der Waals surface area (Å²) in [5.74, 6) is 0. The van der Waals surface area contributed by atoms with Crippen LogP contribution in [0.2, 0.25) is 0 Å². The molecule has 172 valence electrons. The van der Waals surface area contributed by atoms with Crippen molar-refractivity contribution in [2.45, 2.75) is 51.7 Å². The number of hydrogen-bond acceptors (Lipinski definition) is 3. The van der Waals surface area contributed by atoms with Crippen molar-refractivity contribution in [3.05, 3.63) is 95.6 Å². The summed E-state index contributed by atoms with van der Waals surface area (Å²) in [6.07, 6.45) is 6.77. The van der Waals surface area contributed by atoms with Gasteiger partial charge in [-0.1, -0.05) is 61.0 Å². The first-order valence-corrected chi connectivity index (χ1v) is 12.8. The van der Waals surface area contributed by atoms with Crippen molar-refractivity contribution in [2.24, 2.45) is 0 Å². The van der Waals surface area contributed by atoms with E-state index >= 15 is 0 Å². The third-order valence-electron chi connectivity index (χ3n) is 7.14. The van der Waals surface area contributed by atoms with Gasteiger partial charge in [0.2, 0.25) is 0 Å². The summed E-state index contributed by atoms with van der Waals surface area (Å²) < 4.78 is 0. The van der Waals surface area contributed by atoms with Gasteiger partial charge in [0.25, 0.3) is 0 Å². The molecule has 3 aromatic rings. The summed E-state index contributed by atoms with van der Waals surface area (Å²) in [4.78, 5) is 7.61. The minimum atomic E-state index is 0.873. The zero-order valence-electron chi connectivity index (χ0n) is 19.8. The van der Waals surface area contributed by atoms with E-state index in [0.717, 1.165) is 19.6 Å². The number of benzene rings is 3. The van der Waals surface area contributed by atoms with Crippen LogP contribution >= 0.6 is 0 Å². The van der Waals surface area contributed by atoms with Crippen LogP contribution in [-0.4, -0.2) is 36.0 Å². The Morgan fingerprint density at radius 2 is 0.939 bits per heavy atom. The monoisotopic (exact) mass is 439 g/mol. The third-order valence-corrected chi connectivity index (χ3v) is 7.14. The average molecular weight is 440 g/mol. The predicted molar refractivity (Wildman–Crippen MR) is 139 cm³/mol. The number of rotatable bonds is 8. The van der Waals surface area contributed by atoms with Gasteiger partial charge in [-0.2, -0.15) is 0 Å². The Hall–Kier alpha value is -2.62. The Morgan fingerprint density at radius 3 is 1.42 bits per heavy atom. The highest BCUT2D eigenvalue weighted by molar-refractivity contribution is 5.64. The molecule has 0 aliphatic carbocycles. The minimum absolute atomic E-state index is 0.873. The molecule has 2 aliphatic rings. The van der Waals surface area contributed by atoms with Gasteiger partial charge < -0.3 is 4.90 Å². The normalized spacial score (nSPS) is 17.3. The summed E-state index contributed by atoms with van der Waals surface area (Å²) in [6, 6.07) is 29.3. The standard InChI is InChI=1S/C30H37N3/c1-3-9-26(10-4-1)25-33(30-17-13-28(14-18-30)24-32-21-7-8-22-32)29-15-11-27(12-16-29)23-31-19-5-2-6-20-31/h1,3-4,9-18H,2,5-8,19-25H2. The van der Waals surface area contributed by atoms with Gasteiger partial charge in [0.05, 0.1) is 0 Å². The molecule has 0 amide bonds. The fourth-order valence-corrected chi connectivity index (χ4v) is 5.23. The zero-order chi connectivity index (χ0) is 22.3. The van der Waals surface area contributed by atoms with Gasteiger partial charge in [0.15, 0.2) is 0 Å². The highest BCUT2D eigenvalue weighted by Gasteiger charge is 2.15. The molecular weight excluding hydrogens is 402 g/mol. The molecule has 33 heavy (non-hydrogen) atoms. The Labute approximate surface area is 199 Å². The molecular formula is C30H37N3. The molecule has 0 saturated carbocycles. The number of piperidine rings is 1. The van der Waals surface area contributed by atoms with Crippen LogP contribution in [0.3, 0.4) is 0 Å². The lowest BCUT2D eigenvalue weighted by molar-refractivity contribution is 0.221. The second kappa shape index (κ2) is 11.0. The second-order valence-electron chi connectivity index (χ2n) is 9.72. The van der Waals surface area contributed by atoms with Crippen molar-refractivity contribution in [2.75, 3.05) is 31.1 Å². The van der Waals surface area contributed by atoms with E-state index in [1.165, 1.54) is 86.3 Å². The van der Waals surface area contributed by atoms with Crippen molar-refractivity contribution in [3.63, 3.8) is 0 Å². The molecule has 0 aromatic heterocycles. The molecule has 2 fully saturated rings. The fraction of sp³-hybridized carbons (Fsp3) is 0.400. The third kappa shape index (κ3) is 6.04. The van der Waals surface area contributed by atoms with E-state index in [0.29, 0.717) is 0 Å². The first-order valence-electron chi connectivity index (χ1n) is 12.8. The van der Waals surface area contributed by atoms with Gasteiger partial charge in [-0.25, -0.2) is 0 Å². The summed E-state index contributed by atoms with van der Waals surface area (Å²) >= 11 is 0. The highest BCUT2D eigenvalue weighted by Crippen LogP contribution is 2.29. The smallest absolute Gasteiger partial charge is 0.0481 e. The van der Waals surface area contributed by atoms with E-state index in [9.17, 15) is 0 Å². The summed E-state index contributed by atoms with van der Waals surface area (Å²) in [7, 11) is 0. The van der Waals surface area contributed by atoms with Crippen LogP contribution in [0.25, 0.3) is 0 Å². The summed E-state index contributed by atoms with van der Waals surface area (Å²) in [5, 5.41) is 0. The first kappa shape index (κ1) is 22.2. The van der Waals surface area contributed by atoms with Crippen molar-refractivity contribution >= 4 is 11.4 Å². The number of nitrogens with zero attached hydrogens (tertiary/aromatic N) is 3. The SMILES string of the molecule is c1ccc(CN(c2ccc(CN3CCCCC3)cc2)c2ccc(CN3CCCC3)cc2)cc1. The van der Waals surface area contributed by atoms with Crippen molar-refractivity contribution in [1.82, 2.24) is 9.80 Å². The largest absolute Gasteiger partial charge is 0.337 e. The van der Waals surface area contributed by atoms with Gasteiger partial charge in [0, 0.05) is 31.0 Å². The average Bonchev–Trinajstić information content (AvgIpc) is 3.38. The van der Waals surface area contributed by atoms with E-state index in [-0.39, 0.29) is 0 Å².